The molecule has 1 rings (SSSR count). The van der Waals surface area contributed by atoms with Crippen molar-refractivity contribution in [2.24, 2.45) is 5.41 Å². The van der Waals surface area contributed by atoms with Crippen molar-refractivity contribution < 1.29 is 14.3 Å². The Morgan fingerprint density at radius 2 is 1.82 bits per heavy atom. The van der Waals surface area contributed by atoms with Crippen LogP contribution in [0, 0.1) is 5.41 Å². The standard InChI is InChI=1S/C14H20O3/c1-14(2,3)12(10-16-4)17-13(15)11-8-6-5-7-9-11/h5-9,12H,10H2,1-4H3. The molecule has 17 heavy (non-hydrogen) atoms. The fourth-order valence-corrected chi connectivity index (χ4v) is 1.38. The number of rotatable bonds is 4. The van der Waals surface area contributed by atoms with Gasteiger partial charge in [0.2, 0.25) is 0 Å². The zero-order valence-corrected chi connectivity index (χ0v) is 10.9. The van der Waals surface area contributed by atoms with Crippen molar-refractivity contribution in [3.63, 3.8) is 0 Å². The van der Waals surface area contributed by atoms with Gasteiger partial charge < -0.3 is 9.47 Å². The second-order valence-electron chi connectivity index (χ2n) is 5.08. The number of esters is 1. The number of carbonyl (C=O) groups excluding carboxylic acids is 1. The molecule has 0 heterocycles. The Balaban J connectivity index is 2.71. The molecule has 0 aliphatic rings. The van der Waals surface area contributed by atoms with Gasteiger partial charge in [-0.1, -0.05) is 39.0 Å². The van der Waals surface area contributed by atoms with E-state index in [-0.39, 0.29) is 17.5 Å². The van der Waals surface area contributed by atoms with Crippen LogP contribution in [0.1, 0.15) is 31.1 Å². The summed E-state index contributed by atoms with van der Waals surface area (Å²) in [7, 11) is 1.61. The lowest BCUT2D eigenvalue weighted by Crippen LogP contribution is -2.35. The van der Waals surface area contributed by atoms with Crippen LogP contribution in [0.2, 0.25) is 0 Å². The van der Waals surface area contributed by atoms with Crippen LogP contribution >= 0.6 is 0 Å². The second-order valence-corrected chi connectivity index (χ2v) is 5.08. The first-order chi connectivity index (χ1) is 7.95. The molecule has 1 aromatic carbocycles. The third-order valence-electron chi connectivity index (χ3n) is 2.54. The first-order valence-corrected chi connectivity index (χ1v) is 5.70. The van der Waals surface area contributed by atoms with Gasteiger partial charge in [0.1, 0.15) is 6.10 Å². The zero-order valence-electron chi connectivity index (χ0n) is 10.9. The number of methoxy groups -OCH3 is 1. The molecule has 94 valence electrons. The lowest BCUT2D eigenvalue weighted by molar-refractivity contribution is -0.0351. The van der Waals surface area contributed by atoms with E-state index in [9.17, 15) is 4.79 Å². The van der Waals surface area contributed by atoms with Gasteiger partial charge in [-0.15, -0.1) is 0 Å². The Morgan fingerprint density at radius 3 is 2.29 bits per heavy atom. The van der Waals surface area contributed by atoms with E-state index in [1.54, 1.807) is 19.2 Å². The SMILES string of the molecule is COCC(OC(=O)c1ccccc1)C(C)(C)C. The van der Waals surface area contributed by atoms with E-state index in [2.05, 4.69) is 0 Å². The average Bonchev–Trinajstić information content (AvgIpc) is 2.28. The third kappa shape index (κ3) is 4.19. The summed E-state index contributed by atoms with van der Waals surface area (Å²) in [4.78, 5) is 11.9. The van der Waals surface area contributed by atoms with Crippen molar-refractivity contribution in [2.75, 3.05) is 13.7 Å². The summed E-state index contributed by atoms with van der Waals surface area (Å²) in [5, 5.41) is 0. The number of benzene rings is 1. The second kappa shape index (κ2) is 5.82. The minimum atomic E-state index is -0.303. The maximum absolute atomic E-state index is 11.9. The van der Waals surface area contributed by atoms with Crippen molar-refractivity contribution in [1.82, 2.24) is 0 Å². The van der Waals surface area contributed by atoms with Crippen LogP contribution in [0.15, 0.2) is 30.3 Å². The summed E-state index contributed by atoms with van der Waals surface area (Å²) in [6.07, 6.45) is -0.250. The van der Waals surface area contributed by atoms with Crippen LogP contribution in [0.25, 0.3) is 0 Å². The first kappa shape index (κ1) is 13.7. The molecule has 0 amide bonds. The predicted molar refractivity (Wildman–Crippen MR) is 67.0 cm³/mol. The molecule has 1 atom stereocenters. The Hall–Kier alpha value is -1.35. The molecular formula is C14H20O3. The van der Waals surface area contributed by atoms with Crippen LogP contribution in [-0.2, 0) is 9.47 Å². The van der Waals surface area contributed by atoms with Gasteiger partial charge >= 0.3 is 5.97 Å². The molecule has 0 bridgehead atoms. The van der Waals surface area contributed by atoms with Gasteiger partial charge in [-0.3, -0.25) is 0 Å². The summed E-state index contributed by atoms with van der Waals surface area (Å²) in [6, 6.07) is 8.99. The summed E-state index contributed by atoms with van der Waals surface area (Å²) in [5.74, 6) is -0.303. The molecule has 0 saturated carbocycles. The Bertz CT molecular complexity index is 351. The molecule has 1 aromatic rings. The maximum Gasteiger partial charge on any atom is 0.338 e. The maximum atomic E-state index is 11.9. The average molecular weight is 236 g/mol. The van der Waals surface area contributed by atoms with Crippen LogP contribution in [0.3, 0.4) is 0 Å². The lowest BCUT2D eigenvalue weighted by atomic mass is 9.89. The van der Waals surface area contributed by atoms with Crippen LogP contribution in [0.5, 0.6) is 0 Å². The highest BCUT2D eigenvalue weighted by atomic mass is 16.6. The number of carbonyl (C=O) groups is 1. The highest BCUT2D eigenvalue weighted by Gasteiger charge is 2.28. The Morgan fingerprint density at radius 1 is 1.24 bits per heavy atom. The van der Waals surface area contributed by atoms with Gasteiger partial charge in [0, 0.05) is 12.5 Å². The van der Waals surface area contributed by atoms with Crippen molar-refractivity contribution in [2.45, 2.75) is 26.9 Å². The zero-order chi connectivity index (χ0) is 12.9. The van der Waals surface area contributed by atoms with Crippen molar-refractivity contribution >= 4 is 5.97 Å². The molecule has 0 radical (unpaired) electrons. The summed E-state index contributed by atoms with van der Waals surface area (Å²) in [6.45, 7) is 6.47. The summed E-state index contributed by atoms with van der Waals surface area (Å²) < 4.78 is 10.6. The highest BCUT2D eigenvalue weighted by molar-refractivity contribution is 5.89. The van der Waals surface area contributed by atoms with Crippen molar-refractivity contribution in [1.29, 1.82) is 0 Å². The number of hydrogen-bond donors (Lipinski definition) is 0. The molecule has 0 fully saturated rings. The van der Waals surface area contributed by atoms with E-state index < -0.39 is 0 Å². The number of hydrogen-bond acceptors (Lipinski definition) is 3. The Kier molecular flexibility index (Phi) is 4.70. The van der Waals surface area contributed by atoms with E-state index in [0.717, 1.165) is 0 Å². The van der Waals surface area contributed by atoms with E-state index in [1.807, 2.05) is 39.0 Å². The van der Waals surface area contributed by atoms with Crippen LogP contribution in [-0.4, -0.2) is 25.8 Å². The largest absolute Gasteiger partial charge is 0.456 e. The van der Waals surface area contributed by atoms with Gasteiger partial charge in [-0.25, -0.2) is 4.79 Å². The quantitative estimate of drug-likeness (QED) is 0.754. The molecule has 0 aliphatic heterocycles. The molecular weight excluding hydrogens is 216 g/mol. The topological polar surface area (TPSA) is 35.5 Å². The van der Waals surface area contributed by atoms with Gasteiger partial charge in [0.25, 0.3) is 0 Å². The van der Waals surface area contributed by atoms with Gasteiger partial charge in [-0.05, 0) is 12.1 Å². The van der Waals surface area contributed by atoms with E-state index in [4.69, 9.17) is 9.47 Å². The molecule has 0 spiro atoms. The molecule has 0 saturated heterocycles. The van der Waals surface area contributed by atoms with Gasteiger partial charge in [-0.2, -0.15) is 0 Å². The minimum Gasteiger partial charge on any atom is -0.456 e. The van der Waals surface area contributed by atoms with E-state index in [0.29, 0.717) is 12.2 Å². The van der Waals surface area contributed by atoms with Gasteiger partial charge in [0.05, 0.1) is 12.2 Å². The fourth-order valence-electron chi connectivity index (χ4n) is 1.38. The fraction of sp³-hybridized carbons (Fsp3) is 0.500. The summed E-state index contributed by atoms with van der Waals surface area (Å²) in [5.41, 5.74) is 0.429. The minimum absolute atomic E-state index is 0.138. The third-order valence-corrected chi connectivity index (χ3v) is 2.54. The smallest absolute Gasteiger partial charge is 0.338 e. The van der Waals surface area contributed by atoms with Crippen LogP contribution < -0.4 is 0 Å². The monoisotopic (exact) mass is 236 g/mol. The lowest BCUT2D eigenvalue weighted by Gasteiger charge is -2.29. The van der Waals surface area contributed by atoms with E-state index in [1.165, 1.54) is 0 Å². The van der Waals surface area contributed by atoms with Gasteiger partial charge in [0.15, 0.2) is 0 Å². The summed E-state index contributed by atoms with van der Waals surface area (Å²) >= 11 is 0. The first-order valence-electron chi connectivity index (χ1n) is 5.70. The molecule has 0 aliphatic carbocycles. The van der Waals surface area contributed by atoms with Crippen molar-refractivity contribution in [3.8, 4) is 0 Å². The molecule has 3 nitrogen and oxygen atoms in total. The highest BCUT2D eigenvalue weighted by Crippen LogP contribution is 2.23. The molecule has 0 aromatic heterocycles. The van der Waals surface area contributed by atoms with Crippen LogP contribution in [0.4, 0.5) is 0 Å². The molecule has 1 unspecified atom stereocenters. The number of ether oxygens (including phenoxy) is 2. The predicted octanol–water partition coefficient (Wildman–Crippen LogP) is 2.90. The molecule has 3 heteroatoms. The molecule has 0 N–H and O–H groups in total. The van der Waals surface area contributed by atoms with E-state index >= 15 is 0 Å². The normalized spacial score (nSPS) is 13.2. The Labute approximate surface area is 103 Å². The van der Waals surface area contributed by atoms with Crippen molar-refractivity contribution in [3.05, 3.63) is 35.9 Å².